The third kappa shape index (κ3) is 3.99. The molecule has 1 nitrogen and oxygen atoms in total. The molecule has 0 spiro atoms. The van der Waals surface area contributed by atoms with Crippen molar-refractivity contribution in [3.8, 4) is 0 Å². The van der Waals surface area contributed by atoms with Gasteiger partial charge in [0.2, 0.25) is 0 Å². The maximum Gasteiger partial charge on any atom is 0.0310 e. The third-order valence-corrected chi connectivity index (χ3v) is 6.37. The fourth-order valence-electron chi connectivity index (χ4n) is 4.27. The minimum Gasteiger partial charge on any atom is -0.304 e. The highest BCUT2D eigenvalue weighted by atomic mass is 15.0. The molecule has 2 aliphatic rings. The highest BCUT2D eigenvalue weighted by Gasteiger charge is 2.39. The van der Waals surface area contributed by atoms with Gasteiger partial charge < -0.3 is 5.32 Å². The van der Waals surface area contributed by atoms with E-state index >= 15 is 0 Å². The summed E-state index contributed by atoms with van der Waals surface area (Å²) in [5, 5.41) is 3.99. The molecule has 0 heterocycles. The van der Waals surface area contributed by atoms with Crippen molar-refractivity contribution in [2.45, 2.75) is 78.8 Å². The second-order valence-electron chi connectivity index (χ2n) is 9.09. The number of hydrogen-bond donors (Lipinski definition) is 1. The van der Waals surface area contributed by atoms with Gasteiger partial charge in [0.25, 0.3) is 0 Å². The smallest absolute Gasteiger partial charge is 0.0310 e. The Morgan fingerprint density at radius 1 is 1.09 bits per heavy atom. The average Bonchev–Trinajstić information content (AvgIpc) is 3.15. The first-order chi connectivity index (χ1) is 10.7. The van der Waals surface area contributed by atoms with Gasteiger partial charge in [0, 0.05) is 11.6 Å². The molecular formula is C22H37N. The first-order valence-electron chi connectivity index (χ1n) is 9.45. The second-order valence-corrected chi connectivity index (χ2v) is 9.09. The van der Waals surface area contributed by atoms with Crippen LogP contribution >= 0.6 is 0 Å². The van der Waals surface area contributed by atoms with E-state index in [2.05, 4.69) is 77.7 Å². The summed E-state index contributed by atoms with van der Waals surface area (Å²) in [6.45, 7) is 18.8. The van der Waals surface area contributed by atoms with E-state index in [1.165, 1.54) is 31.3 Å². The minimum atomic E-state index is 0.120. The van der Waals surface area contributed by atoms with Crippen molar-refractivity contribution in [1.82, 2.24) is 5.32 Å². The van der Waals surface area contributed by atoms with Gasteiger partial charge in [-0.25, -0.2) is 0 Å². The summed E-state index contributed by atoms with van der Waals surface area (Å²) in [6.07, 6.45) is 14.3. The van der Waals surface area contributed by atoms with Gasteiger partial charge in [-0.3, -0.25) is 0 Å². The molecule has 0 aromatic heterocycles. The summed E-state index contributed by atoms with van der Waals surface area (Å²) in [5.74, 6) is 1.89. The maximum atomic E-state index is 4.60. The summed E-state index contributed by atoms with van der Waals surface area (Å²) in [7, 11) is 0. The molecule has 0 bridgehead atoms. The van der Waals surface area contributed by atoms with Gasteiger partial charge >= 0.3 is 0 Å². The van der Waals surface area contributed by atoms with E-state index in [9.17, 15) is 0 Å². The van der Waals surface area contributed by atoms with E-state index in [1.807, 2.05) is 0 Å². The van der Waals surface area contributed by atoms with Crippen LogP contribution in [-0.4, -0.2) is 11.6 Å². The molecule has 2 aliphatic carbocycles. The van der Waals surface area contributed by atoms with Gasteiger partial charge in [-0.05, 0) is 62.7 Å². The Balaban J connectivity index is 2.14. The summed E-state index contributed by atoms with van der Waals surface area (Å²) in [6, 6.07) is 0.370. The molecule has 2 unspecified atom stereocenters. The lowest BCUT2D eigenvalue weighted by atomic mass is 9.68. The Labute approximate surface area is 144 Å². The highest BCUT2D eigenvalue weighted by Crippen LogP contribution is 2.44. The molecular weight excluding hydrogens is 278 g/mol. The monoisotopic (exact) mass is 315 g/mol. The predicted molar refractivity (Wildman–Crippen MR) is 102 cm³/mol. The summed E-state index contributed by atoms with van der Waals surface area (Å²) < 4.78 is 0. The Bertz CT molecular complexity index is 470. The molecule has 0 radical (unpaired) electrons. The Morgan fingerprint density at radius 3 is 2.17 bits per heavy atom. The summed E-state index contributed by atoms with van der Waals surface area (Å²) in [5.41, 5.74) is 1.68. The van der Waals surface area contributed by atoms with Crippen LogP contribution in [0.2, 0.25) is 0 Å². The fourth-order valence-corrected chi connectivity index (χ4v) is 4.27. The van der Waals surface area contributed by atoms with Crippen LogP contribution in [0.4, 0.5) is 0 Å². The van der Waals surface area contributed by atoms with E-state index in [0.717, 1.165) is 0 Å². The number of nitrogens with one attached hydrogen (secondary N) is 1. The number of hydrogen-bond acceptors (Lipinski definition) is 1. The highest BCUT2D eigenvalue weighted by molar-refractivity contribution is 5.21. The Kier molecular flexibility index (Phi) is 5.61. The van der Waals surface area contributed by atoms with Crippen LogP contribution in [0.25, 0.3) is 0 Å². The van der Waals surface area contributed by atoms with E-state index in [-0.39, 0.29) is 11.0 Å². The summed E-state index contributed by atoms with van der Waals surface area (Å²) >= 11 is 0. The van der Waals surface area contributed by atoms with Gasteiger partial charge in [0.1, 0.15) is 0 Å². The van der Waals surface area contributed by atoms with Crippen LogP contribution in [0, 0.1) is 23.2 Å². The van der Waals surface area contributed by atoms with Crippen LogP contribution in [0.3, 0.4) is 0 Å². The first kappa shape index (κ1) is 18.5. The maximum absolute atomic E-state index is 4.60. The molecule has 1 N–H and O–H groups in total. The van der Waals surface area contributed by atoms with E-state index < -0.39 is 0 Å². The van der Waals surface area contributed by atoms with Crippen molar-refractivity contribution in [1.29, 1.82) is 0 Å². The molecule has 0 amide bonds. The van der Waals surface area contributed by atoms with Crippen molar-refractivity contribution in [3.05, 3.63) is 36.5 Å². The normalized spacial score (nSPS) is 23.9. The fraction of sp³-hybridized carbons (Fsp3) is 0.727. The van der Waals surface area contributed by atoms with Crippen LogP contribution in [-0.2, 0) is 0 Å². The minimum absolute atomic E-state index is 0.120. The zero-order valence-corrected chi connectivity index (χ0v) is 16.2. The number of allylic oxidation sites excluding steroid dienone is 3. The molecule has 0 saturated heterocycles. The van der Waals surface area contributed by atoms with Gasteiger partial charge in [-0.1, -0.05) is 64.2 Å². The zero-order valence-electron chi connectivity index (χ0n) is 16.2. The standard InChI is InChI=1S/C22H37N/c1-16(2)20(23-22(6,7)19-14-10-11-15-19)17(3)21(4,5)18-12-8-9-13-18/h8-10,14,16,18-20,23H,3,11-13,15H2,1-2,4-7H3. The van der Waals surface area contributed by atoms with Crippen LogP contribution < -0.4 is 5.32 Å². The molecule has 0 aromatic rings. The largest absolute Gasteiger partial charge is 0.304 e. The van der Waals surface area contributed by atoms with Crippen molar-refractivity contribution in [2.75, 3.05) is 0 Å². The Hall–Kier alpha value is -0.820. The van der Waals surface area contributed by atoms with Crippen LogP contribution in [0.5, 0.6) is 0 Å². The third-order valence-electron chi connectivity index (χ3n) is 6.37. The average molecular weight is 316 g/mol. The first-order valence-corrected chi connectivity index (χ1v) is 9.45. The van der Waals surface area contributed by atoms with Gasteiger partial charge in [-0.15, -0.1) is 0 Å². The van der Waals surface area contributed by atoms with Crippen LogP contribution in [0.15, 0.2) is 36.5 Å². The van der Waals surface area contributed by atoms with Crippen LogP contribution in [0.1, 0.15) is 67.2 Å². The lowest BCUT2D eigenvalue weighted by Crippen LogP contribution is -2.54. The SMILES string of the molecule is C=C(C(NC(C)(C)C1C=CCC1)C(C)C)C(C)(C)C1CC=CC1. The molecule has 0 fully saturated rings. The topological polar surface area (TPSA) is 12.0 Å². The molecule has 23 heavy (non-hydrogen) atoms. The summed E-state index contributed by atoms with van der Waals surface area (Å²) in [4.78, 5) is 0. The van der Waals surface area contributed by atoms with Gasteiger partial charge in [0.05, 0.1) is 0 Å². The van der Waals surface area contributed by atoms with Crippen molar-refractivity contribution < 1.29 is 0 Å². The predicted octanol–water partition coefficient (Wildman–Crippen LogP) is 5.89. The molecule has 0 aliphatic heterocycles. The zero-order chi connectivity index (χ0) is 17.3. The van der Waals surface area contributed by atoms with Gasteiger partial charge in [0.15, 0.2) is 0 Å². The molecule has 0 saturated carbocycles. The molecule has 0 aromatic carbocycles. The van der Waals surface area contributed by atoms with Crippen molar-refractivity contribution >= 4 is 0 Å². The van der Waals surface area contributed by atoms with Crippen molar-refractivity contribution in [2.24, 2.45) is 23.2 Å². The molecule has 1 heteroatoms. The lowest BCUT2D eigenvalue weighted by molar-refractivity contribution is 0.201. The molecule has 2 rings (SSSR count). The van der Waals surface area contributed by atoms with Gasteiger partial charge in [-0.2, -0.15) is 0 Å². The molecule has 2 atom stereocenters. The van der Waals surface area contributed by atoms with E-state index in [1.54, 1.807) is 0 Å². The molecule has 130 valence electrons. The van der Waals surface area contributed by atoms with E-state index in [4.69, 9.17) is 0 Å². The number of rotatable bonds is 7. The lowest BCUT2D eigenvalue weighted by Gasteiger charge is -2.44. The van der Waals surface area contributed by atoms with E-state index in [0.29, 0.717) is 23.8 Å². The quantitative estimate of drug-likeness (QED) is 0.577. The van der Waals surface area contributed by atoms with Crippen molar-refractivity contribution in [3.63, 3.8) is 0 Å². The second kappa shape index (κ2) is 6.97. The Morgan fingerprint density at radius 2 is 1.70 bits per heavy atom.